The van der Waals surface area contributed by atoms with Gasteiger partial charge in [-0.15, -0.1) is 0 Å². The van der Waals surface area contributed by atoms with Gasteiger partial charge in [0.05, 0.1) is 30.7 Å². The summed E-state index contributed by atoms with van der Waals surface area (Å²) >= 11 is 0. The molecule has 1 aromatic heterocycles. The lowest BCUT2D eigenvalue weighted by Gasteiger charge is -2.33. The van der Waals surface area contributed by atoms with Crippen molar-refractivity contribution in [3.8, 4) is 28.6 Å². The Kier molecular flexibility index (Phi) is 13.0. The summed E-state index contributed by atoms with van der Waals surface area (Å²) in [7, 11) is -2.35. The van der Waals surface area contributed by atoms with Crippen LogP contribution in [0.2, 0.25) is 0 Å². The average Bonchev–Trinajstić information content (AvgIpc) is 4.14. The molecule has 340 valence electrons. The third-order valence-electron chi connectivity index (χ3n) is 12.1. The number of pyridine rings is 1. The van der Waals surface area contributed by atoms with Gasteiger partial charge >= 0.3 is 6.09 Å². The van der Waals surface area contributed by atoms with Gasteiger partial charge < -0.3 is 34.5 Å². The zero-order chi connectivity index (χ0) is 45.4. The van der Waals surface area contributed by atoms with Gasteiger partial charge in [-0.25, -0.2) is 18.2 Å². The van der Waals surface area contributed by atoms with E-state index in [9.17, 15) is 22.8 Å². The van der Waals surface area contributed by atoms with E-state index < -0.39 is 74.3 Å². The van der Waals surface area contributed by atoms with Crippen molar-refractivity contribution in [3.05, 3.63) is 60.7 Å². The number of methoxy groups -OCH3 is 1. The van der Waals surface area contributed by atoms with Crippen LogP contribution >= 0.6 is 0 Å². The number of amides is 4. The van der Waals surface area contributed by atoms with Crippen molar-refractivity contribution in [3.63, 3.8) is 0 Å². The van der Waals surface area contributed by atoms with E-state index in [4.69, 9.17) is 23.9 Å². The van der Waals surface area contributed by atoms with Gasteiger partial charge in [0, 0.05) is 23.3 Å². The van der Waals surface area contributed by atoms with E-state index in [1.807, 2.05) is 75.4 Å². The SMILES string of the molecule is COc1ccc2c(O[C@@H]3C[C@H]4C(=O)N[C@]5(C(=O)NS(=O)(=O)C6CC6)C[C@H]5/C=C\CC[C@@H](C)C[C@@H](C)[C@H](NC(=O)OC(C)(C)C)C(=O)N4C3)nc(-c3ccc(OC(C)C)cc3)cc2c1. The van der Waals surface area contributed by atoms with Crippen LogP contribution in [0.1, 0.15) is 93.4 Å². The zero-order valence-electron chi connectivity index (χ0n) is 37.4. The van der Waals surface area contributed by atoms with Crippen LogP contribution in [-0.4, -0.2) is 96.5 Å². The van der Waals surface area contributed by atoms with Crippen molar-refractivity contribution >= 4 is 44.6 Å². The molecule has 63 heavy (non-hydrogen) atoms. The quantitative estimate of drug-likeness (QED) is 0.190. The number of sulfonamides is 1. The molecule has 7 atom stereocenters. The van der Waals surface area contributed by atoms with Crippen LogP contribution in [0.4, 0.5) is 4.79 Å². The number of aromatic nitrogens is 1. The highest BCUT2D eigenvalue weighted by atomic mass is 32.2. The second kappa shape index (κ2) is 18.0. The molecule has 16 heteroatoms. The second-order valence-corrected chi connectivity index (χ2v) is 20.9. The average molecular weight is 888 g/mol. The van der Waals surface area contributed by atoms with Crippen LogP contribution in [0.15, 0.2) is 60.7 Å². The van der Waals surface area contributed by atoms with Crippen LogP contribution < -0.4 is 29.6 Å². The molecule has 0 spiro atoms. The molecule has 0 unspecified atom stereocenters. The molecule has 3 N–H and O–H groups in total. The van der Waals surface area contributed by atoms with Gasteiger partial charge in [-0.3, -0.25) is 19.1 Å². The molecule has 0 bridgehead atoms. The number of carbonyl (C=O) groups excluding carboxylic acids is 4. The first-order valence-corrected chi connectivity index (χ1v) is 23.6. The minimum Gasteiger partial charge on any atom is -0.497 e. The minimum atomic E-state index is -3.93. The van der Waals surface area contributed by atoms with Crippen LogP contribution in [0.25, 0.3) is 22.0 Å². The monoisotopic (exact) mass is 887 g/mol. The first-order chi connectivity index (χ1) is 29.7. The normalized spacial score (nSPS) is 27.2. The van der Waals surface area contributed by atoms with Gasteiger partial charge in [0.1, 0.15) is 40.8 Å². The van der Waals surface area contributed by atoms with Crippen molar-refractivity contribution in [2.75, 3.05) is 13.7 Å². The Bertz CT molecular complexity index is 2360. The lowest BCUT2D eigenvalue weighted by atomic mass is 9.88. The topological polar surface area (TPSA) is 192 Å². The standard InChI is InChI=1S/C47H61N5O10S/c1-27(2)60-33-15-13-30(14-16-33)38-23-31-22-34(59-8)17-20-37(31)42(48-38)61-35-24-39-41(53)50-47(44(55)51-63(57,58)36-18-19-36)25-32(47)12-10-9-11-28(3)21-29(4)40(43(54)52(39)26-35)49-45(56)62-46(5,6)7/h10,12-17,20,22-23,27-29,32,35-36,39-40H,9,11,18-19,21,24-26H2,1-8H3,(H,49,56)(H,50,53)(H,51,55)/b12-10-/t28-,29-,32-,35-,39+,40+,47-/m1/s1. The molecule has 7 rings (SSSR count). The highest BCUT2D eigenvalue weighted by Gasteiger charge is 2.62. The molecule has 2 aromatic carbocycles. The third-order valence-corrected chi connectivity index (χ3v) is 13.9. The number of fused-ring (bicyclic) bond motifs is 3. The van der Waals surface area contributed by atoms with E-state index in [2.05, 4.69) is 22.3 Å². The van der Waals surface area contributed by atoms with Crippen molar-refractivity contribution in [1.29, 1.82) is 0 Å². The van der Waals surface area contributed by atoms with E-state index in [-0.39, 0.29) is 43.2 Å². The summed E-state index contributed by atoms with van der Waals surface area (Å²) in [5.74, 6) is -1.04. The van der Waals surface area contributed by atoms with E-state index in [1.54, 1.807) is 33.9 Å². The van der Waals surface area contributed by atoms with Gasteiger partial charge in [-0.2, -0.15) is 0 Å². The fourth-order valence-electron chi connectivity index (χ4n) is 8.64. The van der Waals surface area contributed by atoms with Crippen LogP contribution in [0, 0.1) is 17.8 Å². The highest BCUT2D eigenvalue weighted by Crippen LogP contribution is 2.46. The number of hydrogen-bond acceptors (Lipinski definition) is 11. The Morgan fingerprint density at radius 1 is 0.984 bits per heavy atom. The Morgan fingerprint density at radius 2 is 1.70 bits per heavy atom. The van der Waals surface area contributed by atoms with Crippen molar-refractivity contribution in [2.24, 2.45) is 17.8 Å². The van der Waals surface area contributed by atoms with Crippen LogP contribution in [0.3, 0.4) is 0 Å². The van der Waals surface area contributed by atoms with Gasteiger partial charge in [0.2, 0.25) is 27.7 Å². The number of alkyl carbamates (subject to hydrolysis) is 1. The van der Waals surface area contributed by atoms with Crippen molar-refractivity contribution < 1.29 is 46.5 Å². The molecular formula is C47H61N5O10S. The predicted molar refractivity (Wildman–Crippen MR) is 238 cm³/mol. The number of benzene rings is 2. The van der Waals surface area contributed by atoms with E-state index in [1.165, 1.54) is 4.90 Å². The molecule has 3 fully saturated rings. The van der Waals surface area contributed by atoms with E-state index in [0.717, 1.165) is 17.4 Å². The fraction of sp³-hybridized carbons (Fsp3) is 0.553. The number of nitrogens with zero attached hydrogens (tertiary/aromatic N) is 2. The number of ether oxygens (including phenoxy) is 4. The van der Waals surface area contributed by atoms with Crippen molar-refractivity contribution in [1.82, 2.24) is 25.2 Å². The molecule has 15 nitrogen and oxygen atoms in total. The number of carbonyl (C=O) groups is 4. The third kappa shape index (κ3) is 10.7. The lowest BCUT2D eigenvalue weighted by Crippen LogP contribution is -2.59. The smallest absolute Gasteiger partial charge is 0.408 e. The molecule has 2 aliphatic heterocycles. The van der Waals surface area contributed by atoms with Gasteiger partial charge in [-0.05, 0) is 139 Å². The Labute approximate surface area is 370 Å². The molecule has 2 aliphatic carbocycles. The molecule has 4 aliphatic rings. The first kappa shape index (κ1) is 45.6. The Hall–Kier alpha value is -5.38. The number of hydrogen-bond donors (Lipinski definition) is 3. The summed E-state index contributed by atoms with van der Waals surface area (Å²) in [6, 6.07) is 12.8. The van der Waals surface area contributed by atoms with Gasteiger partial charge in [0.15, 0.2) is 0 Å². The summed E-state index contributed by atoms with van der Waals surface area (Å²) in [6.45, 7) is 13.0. The Balaban J connectivity index is 1.25. The summed E-state index contributed by atoms with van der Waals surface area (Å²) in [6.07, 6.45) is 5.41. The maximum absolute atomic E-state index is 15.0. The summed E-state index contributed by atoms with van der Waals surface area (Å²) < 4.78 is 52.0. The molecular weight excluding hydrogens is 827 g/mol. The van der Waals surface area contributed by atoms with E-state index in [0.29, 0.717) is 48.3 Å². The molecule has 4 amide bonds. The highest BCUT2D eigenvalue weighted by molar-refractivity contribution is 7.91. The lowest BCUT2D eigenvalue weighted by molar-refractivity contribution is -0.142. The molecule has 3 aromatic rings. The van der Waals surface area contributed by atoms with E-state index >= 15 is 4.79 Å². The zero-order valence-corrected chi connectivity index (χ0v) is 38.3. The summed E-state index contributed by atoms with van der Waals surface area (Å²) in [5, 5.41) is 6.57. The maximum atomic E-state index is 15.0. The Morgan fingerprint density at radius 3 is 2.37 bits per heavy atom. The minimum absolute atomic E-state index is 0.000511. The number of rotatable bonds is 10. The molecule has 2 saturated carbocycles. The van der Waals surface area contributed by atoms with Crippen molar-refractivity contribution in [2.45, 2.75) is 134 Å². The molecule has 0 radical (unpaired) electrons. The van der Waals surface area contributed by atoms with Gasteiger partial charge in [0.25, 0.3) is 5.91 Å². The number of nitrogens with one attached hydrogen (secondary N) is 3. The fourth-order valence-corrected chi connectivity index (χ4v) is 10.00. The predicted octanol–water partition coefficient (Wildman–Crippen LogP) is 6.43. The van der Waals surface area contributed by atoms with Crippen LogP contribution in [-0.2, 0) is 29.1 Å². The first-order valence-electron chi connectivity index (χ1n) is 22.0. The largest absolute Gasteiger partial charge is 0.497 e. The maximum Gasteiger partial charge on any atom is 0.408 e. The second-order valence-electron chi connectivity index (χ2n) is 19.0. The summed E-state index contributed by atoms with van der Waals surface area (Å²) in [5.41, 5.74) is -0.979. The van der Waals surface area contributed by atoms with Crippen LogP contribution in [0.5, 0.6) is 17.4 Å². The van der Waals surface area contributed by atoms with Gasteiger partial charge in [-0.1, -0.05) is 26.0 Å². The molecule has 3 heterocycles. The molecule has 1 saturated heterocycles. The summed E-state index contributed by atoms with van der Waals surface area (Å²) in [4.78, 5) is 63.5. The number of allylic oxidation sites excluding steroid dienone is 1.